The molecule has 0 heterocycles. The van der Waals surface area contributed by atoms with Gasteiger partial charge >= 0.3 is 40.0 Å². The van der Waals surface area contributed by atoms with Gasteiger partial charge in [0.25, 0.3) is 5.50 Å². The maximum Gasteiger partial charge on any atom is 0.460 e. The van der Waals surface area contributed by atoms with Crippen LogP contribution in [0.15, 0.2) is 0 Å². The Labute approximate surface area is 112 Å². The van der Waals surface area contributed by atoms with E-state index in [1.54, 1.807) is 0 Å². The molecule has 22 heavy (non-hydrogen) atoms. The normalized spacial score (nSPS) is 17.5. The molecule has 0 rings (SSSR count). The van der Waals surface area contributed by atoms with Crippen LogP contribution < -0.4 is 0 Å². The van der Waals surface area contributed by atoms with Crippen LogP contribution in [0.4, 0.5) is 52.7 Å². The van der Waals surface area contributed by atoms with Gasteiger partial charge in [-0.25, -0.2) is 4.39 Å². The lowest BCUT2D eigenvalue weighted by molar-refractivity contribution is -0.424. The third-order valence-electron chi connectivity index (χ3n) is 2.11. The number of halogens is 12. The monoisotopic (exact) mass is 382 g/mol. The molecule has 0 aliphatic rings. The molecule has 134 valence electrons. The fourth-order valence-electron chi connectivity index (χ4n) is 0.914. The van der Waals surface area contributed by atoms with Crippen LogP contribution in [0.2, 0.25) is 0 Å². The molecule has 0 aliphatic carbocycles. The van der Waals surface area contributed by atoms with Crippen LogP contribution in [0.3, 0.4) is 0 Å². The largest absolute Gasteiger partial charge is 0.460 e. The van der Waals surface area contributed by atoms with Crippen molar-refractivity contribution in [3.63, 3.8) is 0 Å². The summed E-state index contributed by atoms with van der Waals surface area (Å²) < 4.78 is 175. The Morgan fingerprint density at radius 1 is 0.682 bits per heavy atom. The first-order valence-electron chi connectivity index (χ1n) is 4.34. The van der Waals surface area contributed by atoms with Gasteiger partial charge in [0.1, 0.15) is 0 Å². The maximum absolute atomic E-state index is 12.7. The van der Waals surface area contributed by atoms with Gasteiger partial charge in [0.2, 0.25) is 0 Å². The van der Waals surface area contributed by atoms with Crippen molar-refractivity contribution < 1.29 is 65.7 Å². The number of hydrogen-bond acceptors (Lipinski definition) is 2. The molecule has 0 aliphatic heterocycles. The summed E-state index contributed by atoms with van der Waals surface area (Å²) in [4.78, 5) is 0. The van der Waals surface area contributed by atoms with Gasteiger partial charge in [-0.1, -0.05) is 0 Å². The highest BCUT2D eigenvalue weighted by molar-refractivity contribution is 7.86. The van der Waals surface area contributed by atoms with Crippen molar-refractivity contribution in [2.75, 3.05) is 0 Å². The summed E-state index contributed by atoms with van der Waals surface area (Å²) in [7, 11) is -6.84. The third kappa shape index (κ3) is 2.81. The molecule has 0 saturated carbocycles. The van der Waals surface area contributed by atoms with E-state index in [0.717, 1.165) is 0 Å². The predicted molar refractivity (Wildman–Crippen MR) is 42.3 cm³/mol. The fraction of sp³-hybridized carbons (Fsp3) is 1.00. The molecule has 0 radical (unpaired) electrons. The van der Waals surface area contributed by atoms with E-state index >= 15 is 0 Å². The van der Waals surface area contributed by atoms with Crippen LogP contribution in [0.1, 0.15) is 0 Å². The number of alkyl halides is 12. The molecule has 0 fully saturated rings. The Morgan fingerprint density at radius 3 is 1.23 bits per heavy atom. The Bertz CT molecular complexity index is 519. The summed E-state index contributed by atoms with van der Waals surface area (Å²) in [6.07, 6.45) is -7.46. The van der Waals surface area contributed by atoms with Crippen molar-refractivity contribution in [1.82, 2.24) is 0 Å². The Balaban J connectivity index is 6.23. The highest BCUT2D eigenvalue weighted by Crippen LogP contribution is 2.58. The van der Waals surface area contributed by atoms with Crippen LogP contribution in [0.5, 0.6) is 0 Å². The van der Waals surface area contributed by atoms with E-state index in [9.17, 15) is 61.1 Å². The first-order valence-corrected chi connectivity index (χ1v) is 5.84. The van der Waals surface area contributed by atoms with E-state index in [1.165, 1.54) is 0 Å². The Hall–Kier alpha value is -0.930. The lowest BCUT2D eigenvalue weighted by Gasteiger charge is -2.37. The molecular weight excluding hydrogens is 380 g/mol. The molecule has 1 atom stereocenters. The summed E-state index contributed by atoms with van der Waals surface area (Å²) >= 11 is 0. The second-order valence-electron chi connectivity index (χ2n) is 3.67. The van der Waals surface area contributed by atoms with Gasteiger partial charge in [-0.05, 0) is 0 Å². The van der Waals surface area contributed by atoms with Gasteiger partial charge in [-0.2, -0.15) is 56.7 Å². The Kier molecular flexibility index (Phi) is 4.82. The predicted octanol–water partition coefficient (Wildman–Crippen LogP) is 3.27. The zero-order valence-corrected chi connectivity index (χ0v) is 10.1. The molecule has 0 spiro atoms. The van der Waals surface area contributed by atoms with Gasteiger partial charge < -0.3 is 0 Å². The van der Waals surface area contributed by atoms with Crippen molar-refractivity contribution in [2.24, 2.45) is 0 Å². The maximum atomic E-state index is 12.7. The van der Waals surface area contributed by atoms with E-state index in [4.69, 9.17) is 4.55 Å². The SMILES string of the molecule is O=S(=O)(O)C(F)C(F)(F)C(F)(F)C(F)(F)C(F)(F)C(F)(F)F. The van der Waals surface area contributed by atoms with Crippen molar-refractivity contribution >= 4 is 10.1 Å². The minimum Gasteiger partial charge on any atom is -0.283 e. The molecule has 0 aromatic rings. The molecule has 0 bridgehead atoms. The van der Waals surface area contributed by atoms with Crippen LogP contribution in [-0.2, 0) is 10.1 Å². The van der Waals surface area contributed by atoms with Crippen molar-refractivity contribution in [2.45, 2.75) is 35.4 Å². The van der Waals surface area contributed by atoms with Gasteiger partial charge in [-0.3, -0.25) is 4.55 Å². The first kappa shape index (κ1) is 21.1. The van der Waals surface area contributed by atoms with Gasteiger partial charge in [0.05, 0.1) is 0 Å². The van der Waals surface area contributed by atoms with Crippen molar-refractivity contribution in [1.29, 1.82) is 0 Å². The fourth-order valence-corrected chi connectivity index (χ4v) is 1.44. The first-order chi connectivity index (χ1) is 9.15. The summed E-state index contributed by atoms with van der Waals surface area (Å²) in [5, 5.41) is 0. The Morgan fingerprint density at radius 2 is 1.00 bits per heavy atom. The highest BCUT2D eigenvalue weighted by Gasteiger charge is 2.89. The van der Waals surface area contributed by atoms with E-state index in [2.05, 4.69) is 0 Å². The molecule has 0 aromatic carbocycles. The molecule has 1 N–H and O–H groups in total. The second-order valence-corrected chi connectivity index (χ2v) is 5.12. The van der Waals surface area contributed by atoms with Crippen LogP contribution in [-0.4, -0.2) is 48.3 Å². The van der Waals surface area contributed by atoms with Crippen LogP contribution >= 0.6 is 0 Å². The van der Waals surface area contributed by atoms with E-state index in [-0.39, 0.29) is 0 Å². The molecule has 0 saturated heterocycles. The zero-order valence-electron chi connectivity index (χ0n) is 9.28. The van der Waals surface area contributed by atoms with Crippen molar-refractivity contribution in [3.05, 3.63) is 0 Å². The van der Waals surface area contributed by atoms with E-state index < -0.39 is 45.5 Å². The minimum atomic E-state index is -7.95. The summed E-state index contributed by atoms with van der Waals surface area (Å²) in [6, 6.07) is 0. The lowest BCUT2D eigenvalue weighted by Crippen LogP contribution is -2.68. The lowest BCUT2D eigenvalue weighted by atomic mass is 9.99. The molecule has 3 nitrogen and oxygen atoms in total. The van der Waals surface area contributed by atoms with Crippen molar-refractivity contribution in [3.8, 4) is 0 Å². The second kappa shape index (κ2) is 5.04. The molecule has 0 amide bonds. The van der Waals surface area contributed by atoms with Gasteiger partial charge in [0.15, 0.2) is 0 Å². The topological polar surface area (TPSA) is 54.4 Å². The molecular formula is C6H2F12O3S. The summed E-state index contributed by atoms with van der Waals surface area (Å²) in [5.41, 5.74) is -5.59. The van der Waals surface area contributed by atoms with Gasteiger partial charge in [-0.15, -0.1) is 0 Å². The number of hydrogen-bond donors (Lipinski definition) is 1. The third-order valence-corrected chi connectivity index (χ3v) is 2.93. The summed E-state index contributed by atoms with van der Waals surface area (Å²) in [6.45, 7) is 0. The van der Waals surface area contributed by atoms with E-state index in [1.807, 2.05) is 0 Å². The number of rotatable bonds is 5. The van der Waals surface area contributed by atoms with Crippen LogP contribution in [0, 0.1) is 0 Å². The average molecular weight is 382 g/mol. The zero-order chi connectivity index (χ0) is 18.6. The highest BCUT2D eigenvalue weighted by atomic mass is 32.2. The quantitative estimate of drug-likeness (QED) is 0.587. The summed E-state index contributed by atoms with van der Waals surface area (Å²) in [5.74, 6) is -30.9. The average Bonchev–Trinajstić information content (AvgIpc) is 2.24. The molecule has 0 aromatic heterocycles. The van der Waals surface area contributed by atoms with Gasteiger partial charge in [0, 0.05) is 0 Å². The van der Waals surface area contributed by atoms with E-state index in [0.29, 0.717) is 0 Å². The smallest absolute Gasteiger partial charge is 0.283 e. The molecule has 16 heteroatoms. The standard InChI is InChI=1S/C6H2F12O3S/c7-1(22(19,20)21)2(8,9)3(10,11)4(12,13)5(14,15)6(16,17)18/h1H,(H,19,20,21). The minimum absolute atomic E-state index is 5.59. The molecule has 1 unspecified atom stereocenters. The van der Waals surface area contributed by atoms with Crippen LogP contribution in [0.25, 0.3) is 0 Å².